The van der Waals surface area contributed by atoms with E-state index in [4.69, 9.17) is 16.8 Å². The van der Waals surface area contributed by atoms with Crippen molar-refractivity contribution in [2.45, 2.75) is 22.6 Å². The van der Waals surface area contributed by atoms with Crippen LogP contribution in [0.15, 0.2) is 93.8 Å². The predicted octanol–water partition coefficient (Wildman–Crippen LogP) is 6.00. The van der Waals surface area contributed by atoms with Gasteiger partial charge in [-0.25, -0.2) is 0 Å². The second-order valence-corrected chi connectivity index (χ2v) is 7.22. The fraction of sp³-hybridized carbons (Fsp3) is 0.0952. The lowest BCUT2D eigenvalue weighted by molar-refractivity contribution is 0.319. The van der Waals surface area contributed by atoms with Crippen molar-refractivity contribution in [3.63, 3.8) is 0 Å². The fourth-order valence-electron chi connectivity index (χ4n) is 2.58. The monoisotopic (exact) mass is 367 g/mol. The van der Waals surface area contributed by atoms with Crippen molar-refractivity contribution in [2.75, 3.05) is 0 Å². The predicted molar refractivity (Wildman–Crippen MR) is 105 cm³/mol. The first-order chi connectivity index (χ1) is 12.2. The fourth-order valence-corrected chi connectivity index (χ4v) is 3.66. The highest BCUT2D eigenvalue weighted by molar-refractivity contribution is 7.99. The molecule has 0 spiro atoms. The molecular formula is C21H18ClNOS. The van der Waals surface area contributed by atoms with Crippen LogP contribution in [0.1, 0.15) is 16.7 Å². The van der Waals surface area contributed by atoms with Crippen molar-refractivity contribution in [2.24, 2.45) is 5.16 Å². The standard InChI is InChI=1S/C21H18ClNOS/c22-21(23-24)15-18-8-4-5-9-20(18)25-19-12-10-17(11-13-19)14-16-6-2-1-3-7-16/h1-13,24H,14-15H2/b23-21-. The zero-order chi connectivity index (χ0) is 17.5. The molecule has 0 aliphatic carbocycles. The van der Waals surface area contributed by atoms with Crippen LogP contribution in [0.5, 0.6) is 0 Å². The van der Waals surface area contributed by atoms with Gasteiger partial charge in [-0.2, -0.15) is 0 Å². The van der Waals surface area contributed by atoms with E-state index >= 15 is 0 Å². The molecule has 0 aliphatic rings. The maximum atomic E-state index is 8.78. The molecule has 0 unspecified atom stereocenters. The van der Waals surface area contributed by atoms with Gasteiger partial charge in [0.2, 0.25) is 0 Å². The van der Waals surface area contributed by atoms with Crippen LogP contribution in [0.25, 0.3) is 0 Å². The van der Waals surface area contributed by atoms with E-state index in [0.29, 0.717) is 6.42 Å². The smallest absolute Gasteiger partial charge is 0.149 e. The van der Waals surface area contributed by atoms with Crippen molar-refractivity contribution in [3.8, 4) is 0 Å². The summed E-state index contributed by atoms with van der Waals surface area (Å²) in [5.41, 5.74) is 3.65. The molecule has 0 heterocycles. The number of nitrogens with zero attached hydrogens (tertiary/aromatic N) is 1. The van der Waals surface area contributed by atoms with Gasteiger partial charge in [-0.05, 0) is 41.3 Å². The molecule has 126 valence electrons. The van der Waals surface area contributed by atoms with E-state index in [1.807, 2.05) is 24.3 Å². The van der Waals surface area contributed by atoms with Gasteiger partial charge in [-0.1, -0.05) is 89.2 Å². The topological polar surface area (TPSA) is 32.6 Å². The molecule has 0 aromatic heterocycles. The number of rotatable bonds is 6. The molecule has 0 aliphatic heterocycles. The van der Waals surface area contributed by atoms with Gasteiger partial charge < -0.3 is 5.21 Å². The van der Waals surface area contributed by atoms with E-state index in [-0.39, 0.29) is 5.17 Å². The maximum absolute atomic E-state index is 8.78. The third-order valence-electron chi connectivity index (χ3n) is 3.82. The molecule has 2 nitrogen and oxygen atoms in total. The number of halogens is 1. The van der Waals surface area contributed by atoms with Crippen LogP contribution in [-0.4, -0.2) is 10.4 Å². The molecule has 0 radical (unpaired) electrons. The average molecular weight is 368 g/mol. The number of hydrogen-bond donors (Lipinski definition) is 1. The normalized spacial score (nSPS) is 11.5. The molecule has 3 rings (SSSR count). The van der Waals surface area contributed by atoms with E-state index < -0.39 is 0 Å². The second kappa shape index (κ2) is 8.75. The molecule has 0 saturated carbocycles. The van der Waals surface area contributed by atoms with Gasteiger partial charge in [-0.15, -0.1) is 0 Å². The summed E-state index contributed by atoms with van der Waals surface area (Å²) in [5.74, 6) is 0. The summed E-state index contributed by atoms with van der Waals surface area (Å²) in [7, 11) is 0. The SMILES string of the molecule is O/N=C(\Cl)Cc1ccccc1Sc1ccc(Cc2ccccc2)cc1. The van der Waals surface area contributed by atoms with Crippen molar-refractivity contribution >= 4 is 28.5 Å². The molecule has 3 aromatic rings. The number of benzene rings is 3. The Bertz CT molecular complexity index is 847. The maximum Gasteiger partial charge on any atom is 0.149 e. The Hall–Kier alpha value is -2.23. The largest absolute Gasteiger partial charge is 0.410 e. The molecule has 0 atom stereocenters. The van der Waals surface area contributed by atoms with Gasteiger partial charge >= 0.3 is 0 Å². The summed E-state index contributed by atoms with van der Waals surface area (Å²) >= 11 is 7.55. The summed E-state index contributed by atoms with van der Waals surface area (Å²) in [6.45, 7) is 0. The van der Waals surface area contributed by atoms with Gasteiger partial charge in [0.05, 0.1) is 0 Å². The Morgan fingerprint density at radius 2 is 1.48 bits per heavy atom. The third kappa shape index (κ3) is 5.12. The molecule has 25 heavy (non-hydrogen) atoms. The first kappa shape index (κ1) is 17.6. The van der Waals surface area contributed by atoms with Crippen molar-refractivity contribution < 1.29 is 5.21 Å². The minimum absolute atomic E-state index is 0.186. The number of hydrogen-bond acceptors (Lipinski definition) is 3. The van der Waals surface area contributed by atoms with Crippen LogP contribution in [0.2, 0.25) is 0 Å². The van der Waals surface area contributed by atoms with Gasteiger partial charge in [0, 0.05) is 16.2 Å². The zero-order valence-corrected chi connectivity index (χ0v) is 15.2. The Morgan fingerprint density at radius 1 is 0.840 bits per heavy atom. The van der Waals surface area contributed by atoms with Gasteiger partial charge in [0.25, 0.3) is 0 Å². The lowest BCUT2D eigenvalue weighted by Crippen LogP contribution is -1.96. The molecular weight excluding hydrogens is 350 g/mol. The van der Waals surface area contributed by atoms with E-state index in [1.165, 1.54) is 16.0 Å². The minimum atomic E-state index is 0.186. The van der Waals surface area contributed by atoms with Crippen LogP contribution in [-0.2, 0) is 12.8 Å². The van der Waals surface area contributed by atoms with Crippen LogP contribution >= 0.6 is 23.4 Å². The van der Waals surface area contributed by atoms with Crippen LogP contribution in [0.4, 0.5) is 0 Å². The van der Waals surface area contributed by atoms with Crippen molar-refractivity contribution in [1.29, 1.82) is 0 Å². The highest BCUT2D eigenvalue weighted by Crippen LogP contribution is 2.31. The lowest BCUT2D eigenvalue weighted by Gasteiger charge is -2.09. The Labute approximate surface area is 157 Å². The lowest BCUT2D eigenvalue weighted by atomic mass is 10.1. The molecule has 0 amide bonds. The van der Waals surface area contributed by atoms with Crippen LogP contribution in [0, 0.1) is 0 Å². The Balaban J connectivity index is 1.72. The van der Waals surface area contributed by atoms with Gasteiger partial charge in [0.15, 0.2) is 0 Å². The highest BCUT2D eigenvalue weighted by atomic mass is 35.5. The van der Waals surface area contributed by atoms with E-state index in [2.05, 4.69) is 59.8 Å². The third-order valence-corrected chi connectivity index (χ3v) is 5.15. The quantitative estimate of drug-likeness (QED) is 0.329. The zero-order valence-electron chi connectivity index (χ0n) is 13.6. The first-order valence-electron chi connectivity index (χ1n) is 7.99. The summed E-state index contributed by atoms with van der Waals surface area (Å²) in [6.07, 6.45) is 1.36. The second-order valence-electron chi connectivity index (χ2n) is 5.67. The van der Waals surface area contributed by atoms with Gasteiger partial charge in [-0.3, -0.25) is 0 Å². The summed E-state index contributed by atoms with van der Waals surface area (Å²) in [5, 5.41) is 12.0. The summed E-state index contributed by atoms with van der Waals surface area (Å²) in [4.78, 5) is 2.28. The molecule has 4 heteroatoms. The first-order valence-corrected chi connectivity index (χ1v) is 9.19. The van der Waals surface area contributed by atoms with E-state index in [1.54, 1.807) is 11.8 Å². The van der Waals surface area contributed by atoms with Crippen LogP contribution in [0.3, 0.4) is 0 Å². The Kier molecular flexibility index (Phi) is 6.15. The minimum Gasteiger partial charge on any atom is -0.410 e. The number of oxime groups is 1. The van der Waals surface area contributed by atoms with E-state index in [9.17, 15) is 0 Å². The van der Waals surface area contributed by atoms with Crippen molar-refractivity contribution in [3.05, 3.63) is 95.6 Å². The average Bonchev–Trinajstić information content (AvgIpc) is 2.65. The molecule has 1 N–H and O–H groups in total. The molecule has 0 saturated heterocycles. The molecule has 3 aromatic carbocycles. The van der Waals surface area contributed by atoms with E-state index in [0.717, 1.165) is 16.9 Å². The summed E-state index contributed by atoms with van der Waals surface area (Å²) in [6, 6.07) is 27.1. The van der Waals surface area contributed by atoms with Crippen molar-refractivity contribution in [1.82, 2.24) is 0 Å². The van der Waals surface area contributed by atoms with Gasteiger partial charge in [0.1, 0.15) is 5.17 Å². The molecule has 0 bridgehead atoms. The summed E-state index contributed by atoms with van der Waals surface area (Å²) < 4.78 is 0. The highest BCUT2D eigenvalue weighted by Gasteiger charge is 2.07. The van der Waals surface area contributed by atoms with Crippen LogP contribution < -0.4 is 0 Å². The molecule has 0 fully saturated rings. The Morgan fingerprint density at radius 3 is 2.20 bits per heavy atom.